The molecule has 1 saturated heterocycles. The molecule has 10 nitrogen and oxygen atoms in total. The Morgan fingerprint density at radius 2 is 1.74 bits per heavy atom. The monoisotopic (exact) mass is 674 g/mol. The lowest BCUT2D eigenvalue weighted by Crippen LogP contribution is -2.51. The topological polar surface area (TPSA) is 120 Å². The molecule has 250 valence electrons. The molecule has 2 aromatic carbocycles. The minimum absolute atomic E-state index is 0.116. The molecule has 2 heterocycles. The van der Waals surface area contributed by atoms with Crippen LogP contribution in [0.2, 0.25) is 0 Å². The van der Waals surface area contributed by atoms with Gasteiger partial charge in [0.2, 0.25) is 11.7 Å². The van der Waals surface area contributed by atoms with Gasteiger partial charge in [-0.2, -0.15) is 30.4 Å². The minimum Gasteiger partial charge on any atom is -0.444 e. The van der Waals surface area contributed by atoms with E-state index >= 15 is 0 Å². The first-order chi connectivity index (χ1) is 21.3. The van der Waals surface area contributed by atoms with E-state index < -0.39 is 69.1 Å². The highest BCUT2D eigenvalue weighted by molar-refractivity contribution is 7.88. The highest BCUT2D eigenvalue weighted by Crippen LogP contribution is 2.42. The van der Waals surface area contributed by atoms with Crippen LogP contribution in [0.25, 0.3) is 0 Å². The Bertz CT molecular complexity index is 1650. The molecule has 1 aliphatic carbocycles. The number of piperidine rings is 1. The van der Waals surface area contributed by atoms with E-state index in [4.69, 9.17) is 4.74 Å². The lowest BCUT2D eigenvalue weighted by molar-refractivity contribution is -0.193. The maximum Gasteiger partial charge on any atom is 0.534 e. The zero-order valence-corrected chi connectivity index (χ0v) is 25.8. The molecule has 0 unspecified atom stereocenters. The second kappa shape index (κ2) is 11.7. The molecule has 1 saturated carbocycles. The first-order valence-electron chi connectivity index (χ1n) is 14.4. The zero-order valence-electron chi connectivity index (χ0n) is 25.0. The molecular weight excluding hydrogens is 643 g/mol. The van der Waals surface area contributed by atoms with E-state index in [0.717, 1.165) is 12.1 Å². The molecule has 2 fully saturated rings. The zero-order chi connectivity index (χ0) is 33.8. The number of hydrogen-bond acceptors (Lipinski definition) is 8. The molecule has 0 aromatic heterocycles. The van der Waals surface area contributed by atoms with Gasteiger partial charge in [0.15, 0.2) is 0 Å². The van der Waals surface area contributed by atoms with E-state index in [2.05, 4.69) is 8.92 Å². The summed E-state index contributed by atoms with van der Waals surface area (Å²) in [5.41, 5.74) is -5.72. The Labute approximate surface area is 261 Å². The summed E-state index contributed by atoms with van der Waals surface area (Å²) in [6.07, 6.45) is -3.89. The molecule has 2 amide bonds. The maximum absolute atomic E-state index is 14.5. The van der Waals surface area contributed by atoms with Gasteiger partial charge in [0.1, 0.15) is 17.1 Å². The van der Waals surface area contributed by atoms with Crippen LogP contribution in [0.5, 0.6) is 11.5 Å². The largest absolute Gasteiger partial charge is 0.534 e. The van der Waals surface area contributed by atoms with E-state index in [9.17, 15) is 44.8 Å². The molecule has 0 bridgehead atoms. The number of rotatable bonds is 6. The average molecular weight is 675 g/mol. The third-order valence-corrected chi connectivity index (χ3v) is 8.72. The van der Waals surface area contributed by atoms with E-state index in [1.165, 1.54) is 40.1 Å². The van der Waals surface area contributed by atoms with Gasteiger partial charge in [0, 0.05) is 36.8 Å². The Morgan fingerprint density at radius 3 is 2.37 bits per heavy atom. The standard InChI is InChI=1S/C30H31F5N2O8S/c1-28(2,3)44-27(40)36-12-11-22(17-5-4-6-21(14-17)45-46(41,42)30(33,34)35)23(16-36)26(39)37(19-7-8-19)20-9-10-24-18(13-20)15-25(38)29(31,32)43-24/h4-6,9-10,13-14,19,22-23H,7-8,11-12,15-16H2,1-3H3/t22-,23+/m1/s1. The molecule has 0 radical (unpaired) electrons. The van der Waals surface area contributed by atoms with Crippen molar-refractivity contribution >= 4 is 33.6 Å². The second-order valence-corrected chi connectivity index (χ2v) is 14.0. The smallest absolute Gasteiger partial charge is 0.444 e. The number of ketones is 1. The number of fused-ring (bicyclic) bond motifs is 1. The predicted octanol–water partition coefficient (Wildman–Crippen LogP) is 5.55. The van der Waals surface area contributed by atoms with E-state index in [1.54, 1.807) is 20.8 Å². The van der Waals surface area contributed by atoms with Gasteiger partial charge in [0.05, 0.1) is 5.92 Å². The summed E-state index contributed by atoms with van der Waals surface area (Å²) in [6, 6.07) is 8.78. The maximum atomic E-state index is 14.5. The van der Waals surface area contributed by atoms with E-state index in [-0.39, 0.29) is 36.9 Å². The Balaban J connectivity index is 1.50. The molecule has 0 spiro atoms. The lowest BCUT2D eigenvalue weighted by Gasteiger charge is -2.40. The molecule has 16 heteroatoms. The number of nitrogens with zero attached hydrogens (tertiary/aromatic N) is 2. The first-order valence-corrected chi connectivity index (χ1v) is 15.8. The number of Topliss-reactive ketones (excluding diaryl/α,β-unsaturated/α-hetero) is 1. The lowest BCUT2D eigenvalue weighted by atomic mass is 9.79. The van der Waals surface area contributed by atoms with Crippen LogP contribution < -0.4 is 13.8 Å². The van der Waals surface area contributed by atoms with Crippen molar-refractivity contribution in [3.63, 3.8) is 0 Å². The van der Waals surface area contributed by atoms with Crippen LogP contribution in [-0.2, 0) is 30.9 Å². The number of alkyl halides is 5. The van der Waals surface area contributed by atoms with Crippen LogP contribution in [-0.4, -0.2) is 67.5 Å². The van der Waals surface area contributed by atoms with Crippen molar-refractivity contribution in [3.8, 4) is 11.5 Å². The van der Waals surface area contributed by atoms with Crippen molar-refractivity contribution in [2.45, 2.75) is 75.6 Å². The quantitative estimate of drug-likeness (QED) is 0.223. The van der Waals surface area contributed by atoms with Gasteiger partial charge in [-0.1, -0.05) is 12.1 Å². The van der Waals surface area contributed by atoms with Crippen LogP contribution in [0.15, 0.2) is 42.5 Å². The van der Waals surface area contributed by atoms with Gasteiger partial charge in [-0.3, -0.25) is 9.59 Å². The van der Waals surface area contributed by atoms with Crippen LogP contribution in [0, 0.1) is 5.92 Å². The number of carbonyl (C=O) groups excluding carboxylic acids is 3. The average Bonchev–Trinajstić information content (AvgIpc) is 3.77. The van der Waals surface area contributed by atoms with Crippen LogP contribution >= 0.6 is 0 Å². The van der Waals surface area contributed by atoms with Crippen molar-refractivity contribution in [1.82, 2.24) is 4.90 Å². The summed E-state index contributed by atoms with van der Waals surface area (Å²) in [5, 5.41) is 0. The van der Waals surface area contributed by atoms with E-state index in [1.807, 2.05) is 0 Å². The normalized spacial score (nSPS) is 21.6. The molecule has 2 atom stereocenters. The first kappa shape index (κ1) is 33.4. The third kappa shape index (κ3) is 7.05. The fraction of sp³-hybridized carbons (Fsp3) is 0.500. The van der Waals surface area contributed by atoms with Crippen molar-refractivity contribution in [1.29, 1.82) is 0 Å². The number of anilines is 1. The summed E-state index contributed by atoms with van der Waals surface area (Å²) in [6.45, 7) is 5.00. The Kier molecular flexibility index (Phi) is 8.49. The number of hydrogen-bond donors (Lipinski definition) is 0. The Morgan fingerprint density at radius 1 is 1.04 bits per heavy atom. The number of ether oxygens (including phenoxy) is 2. The van der Waals surface area contributed by atoms with Crippen LogP contribution in [0.3, 0.4) is 0 Å². The second-order valence-electron chi connectivity index (χ2n) is 12.4. The predicted molar refractivity (Wildman–Crippen MR) is 152 cm³/mol. The van der Waals surface area contributed by atoms with Crippen molar-refractivity contribution in [2.24, 2.45) is 5.92 Å². The number of halogens is 5. The highest BCUT2D eigenvalue weighted by atomic mass is 32.2. The van der Waals surface area contributed by atoms with Crippen molar-refractivity contribution in [3.05, 3.63) is 53.6 Å². The Hall–Kier alpha value is -3.95. The molecular formula is C30H31F5N2O8S. The molecule has 5 rings (SSSR count). The van der Waals surface area contributed by atoms with Gasteiger partial charge in [-0.15, -0.1) is 0 Å². The van der Waals surface area contributed by atoms with Gasteiger partial charge in [-0.25, -0.2) is 4.79 Å². The third-order valence-electron chi connectivity index (χ3n) is 7.74. The van der Waals surface area contributed by atoms with Crippen LogP contribution in [0.1, 0.15) is 57.1 Å². The molecule has 2 aromatic rings. The fourth-order valence-electron chi connectivity index (χ4n) is 5.52. The molecule has 46 heavy (non-hydrogen) atoms. The summed E-state index contributed by atoms with van der Waals surface area (Å²) in [5.74, 6) is -4.40. The fourth-order valence-corrected chi connectivity index (χ4v) is 5.97. The number of carbonyl (C=O) groups is 3. The summed E-state index contributed by atoms with van der Waals surface area (Å²) >= 11 is 0. The number of amides is 2. The van der Waals surface area contributed by atoms with Gasteiger partial charge in [0.25, 0.3) is 0 Å². The molecule has 2 aliphatic heterocycles. The van der Waals surface area contributed by atoms with E-state index in [0.29, 0.717) is 24.1 Å². The summed E-state index contributed by atoms with van der Waals surface area (Å²) in [7, 11) is -5.96. The molecule has 0 N–H and O–H groups in total. The number of likely N-dealkylation sites (tertiary alicyclic amines) is 1. The van der Waals surface area contributed by atoms with Crippen LogP contribution in [0.4, 0.5) is 32.4 Å². The molecule has 3 aliphatic rings. The minimum atomic E-state index is -5.96. The number of benzene rings is 2. The van der Waals surface area contributed by atoms with Gasteiger partial charge in [-0.05, 0) is 81.8 Å². The summed E-state index contributed by atoms with van der Waals surface area (Å²) < 4.78 is 104. The summed E-state index contributed by atoms with van der Waals surface area (Å²) in [4.78, 5) is 42.3. The van der Waals surface area contributed by atoms with Crippen molar-refractivity contribution in [2.75, 3.05) is 18.0 Å². The SMILES string of the molecule is CC(C)(C)OC(=O)N1CC[C@H](c2cccc(OS(=O)(=O)C(F)(F)F)c2)[C@@H](C(=O)N(c2ccc3c(c2)CC(=O)C(F)(F)O3)C2CC2)C1. The van der Waals surface area contributed by atoms with Crippen molar-refractivity contribution < 1.29 is 58.4 Å². The van der Waals surface area contributed by atoms with Gasteiger partial charge >= 0.3 is 27.8 Å². The highest BCUT2D eigenvalue weighted by Gasteiger charge is 2.49. The van der Waals surface area contributed by atoms with Gasteiger partial charge < -0.3 is 23.5 Å².